The molecule has 0 saturated heterocycles. The highest BCUT2D eigenvalue weighted by molar-refractivity contribution is 7.89. The summed E-state index contributed by atoms with van der Waals surface area (Å²) in [5, 5.41) is 0. The van der Waals surface area contributed by atoms with Crippen LogP contribution in [-0.2, 0) is 10.0 Å². The minimum absolute atomic E-state index is 0.238. The van der Waals surface area contributed by atoms with Gasteiger partial charge in [-0.2, -0.15) is 0 Å². The lowest BCUT2D eigenvalue weighted by atomic mass is 10.1. The van der Waals surface area contributed by atoms with Gasteiger partial charge in [-0.25, -0.2) is 13.1 Å². The first-order valence-electron chi connectivity index (χ1n) is 6.77. The average molecular weight is 321 g/mol. The van der Waals surface area contributed by atoms with E-state index in [1.807, 2.05) is 0 Å². The summed E-state index contributed by atoms with van der Waals surface area (Å²) in [7, 11) is -0.468. The van der Waals surface area contributed by atoms with Crippen molar-refractivity contribution < 1.29 is 17.9 Å². The van der Waals surface area contributed by atoms with E-state index in [1.54, 1.807) is 69.7 Å². The molecule has 2 aromatic carbocycles. The molecule has 2 aromatic rings. The zero-order valence-corrected chi connectivity index (χ0v) is 13.6. The van der Waals surface area contributed by atoms with E-state index >= 15 is 0 Å². The third-order valence-electron chi connectivity index (χ3n) is 3.29. The van der Waals surface area contributed by atoms with Crippen LogP contribution < -0.4 is 14.2 Å². The number of methoxy groups -OCH3 is 2. The van der Waals surface area contributed by atoms with Crippen LogP contribution in [0.2, 0.25) is 0 Å². The van der Waals surface area contributed by atoms with Crippen LogP contribution in [0.5, 0.6) is 11.5 Å². The summed E-state index contributed by atoms with van der Waals surface area (Å²) in [6.07, 6.45) is 0. The Morgan fingerprint density at radius 1 is 0.955 bits per heavy atom. The van der Waals surface area contributed by atoms with Crippen molar-refractivity contribution in [2.75, 3.05) is 14.2 Å². The van der Waals surface area contributed by atoms with Gasteiger partial charge < -0.3 is 9.47 Å². The Hall–Kier alpha value is -2.05. The summed E-state index contributed by atoms with van der Waals surface area (Å²) in [4.78, 5) is 0.238. The highest BCUT2D eigenvalue weighted by Crippen LogP contribution is 2.30. The van der Waals surface area contributed by atoms with Crippen molar-refractivity contribution in [2.45, 2.75) is 17.9 Å². The smallest absolute Gasteiger partial charge is 0.241 e. The van der Waals surface area contributed by atoms with Gasteiger partial charge >= 0.3 is 0 Å². The molecule has 6 heteroatoms. The van der Waals surface area contributed by atoms with Crippen LogP contribution in [0.15, 0.2) is 53.4 Å². The zero-order chi connectivity index (χ0) is 16.2. The number of ether oxygens (including phenoxy) is 2. The average Bonchev–Trinajstić information content (AvgIpc) is 2.54. The van der Waals surface area contributed by atoms with Gasteiger partial charge in [-0.1, -0.05) is 24.3 Å². The zero-order valence-electron chi connectivity index (χ0n) is 12.7. The molecular formula is C16H19NO4S. The summed E-state index contributed by atoms with van der Waals surface area (Å²) < 4.78 is 37.7. The van der Waals surface area contributed by atoms with Crippen molar-refractivity contribution in [1.82, 2.24) is 4.72 Å². The predicted molar refractivity (Wildman–Crippen MR) is 84.7 cm³/mol. The van der Waals surface area contributed by atoms with Crippen molar-refractivity contribution in [1.29, 1.82) is 0 Å². The molecule has 0 aliphatic heterocycles. The lowest BCUT2D eigenvalue weighted by molar-refractivity contribution is 0.354. The molecule has 0 spiro atoms. The molecule has 0 amide bonds. The maximum atomic E-state index is 12.3. The normalized spacial score (nSPS) is 12.7. The Balaban J connectivity index is 2.24. The van der Waals surface area contributed by atoms with Crippen LogP contribution in [0, 0.1) is 0 Å². The van der Waals surface area contributed by atoms with Crippen LogP contribution in [0.1, 0.15) is 18.5 Å². The third kappa shape index (κ3) is 3.58. The molecule has 1 N–H and O–H groups in total. The molecule has 118 valence electrons. The second-order valence-corrected chi connectivity index (χ2v) is 6.48. The molecule has 0 aliphatic rings. The standard InChI is InChI=1S/C16H19NO4S/c1-12(13-9-10-15(20-2)16(11-13)21-3)17-22(18,19)14-7-5-4-6-8-14/h4-12,17H,1-3H3/t12-/m0/s1. The van der Waals surface area contributed by atoms with Gasteiger partial charge in [-0.3, -0.25) is 0 Å². The van der Waals surface area contributed by atoms with Gasteiger partial charge in [0.15, 0.2) is 11.5 Å². The van der Waals surface area contributed by atoms with Crippen LogP contribution in [0.4, 0.5) is 0 Å². The number of nitrogens with one attached hydrogen (secondary N) is 1. The van der Waals surface area contributed by atoms with Crippen molar-refractivity contribution in [3.63, 3.8) is 0 Å². The minimum Gasteiger partial charge on any atom is -0.493 e. The summed E-state index contributed by atoms with van der Waals surface area (Å²) in [5.74, 6) is 1.16. The summed E-state index contributed by atoms with van der Waals surface area (Å²) >= 11 is 0. The minimum atomic E-state index is -3.56. The number of hydrogen-bond acceptors (Lipinski definition) is 4. The number of rotatable bonds is 6. The Kier molecular flexibility index (Phi) is 5.05. The summed E-state index contributed by atoms with van der Waals surface area (Å²) in [6.45, 7) is 1.78. The van der Waals surface area contributed by atoms with Gasteiger partial charge in [0.25, 0.3) is 0 Å². The fraction of sp³-hybridized carbons (Fsp3) is 0.250. The molecule has 0 aliphatic carbocycles. The van der Waals surface area contributed by atoms with Crippen molar-refractivity contribution >= 4 is 10.0 Å². The molecule has 0 heterocycles. The van der Waals surface area contributed by atoms with Gasteiger partial charge in [-0.15, -0.1) is 0 Å². The van der Waals surface area contributed by atoms with Crippen LogP contribution >= 0.6 is 0 Å². The molecule has 0 aromatic heterocycles. The van der Waals surface area contributed by atoms with Crippen molar-refractivity contribution in [3.8, 4) is 11.5 Å². The number of sulfonamides is 1. The Labute approximate surface area is 130 Å². The quantitative estimate of drug-likeness (QED) is 0.888. The van der Waals surface area contributed by atoms with Gasteiger partial charge in [0.1, 0.15) is 0 Å². The molecule has 0 radical (unpaired) electrons. The fourth-order valence-corrected chi connectivity index (χ4v) is 3.34. The van der Waals surface area contributed by atoms with E-state index < -0.39 is 16.1 Å². The summed E-state index contributed by atoms with van der Waals surface area (Å²) in [6, 6.07) is 13.2. The van der Waals surface area contributed by atoms with Crippen molar-refractivity contribution in [3.05, 3.63) is 54.1 Å². The maximum absolute atomic E-state index is 12.3. The Morgan fingerprint density at radius 2 is 1.59 bits per heavy atom. The Morgan fingerprint density at radius 3 is 2.18 bits per heavy atom. The number of hydrogen-bond donors (Lipinski definition) is 1. The maximum Gasteiger partial charge on any atom is 0.241 e. The first-order valence-corrected chi connectivity index (χ1v) is 8.25. The SMILES string of the molecule is COc1ccc([C@H](C)NS(=O)(=O)c2ccccc2)cc1OC. The predicted octanol–water partition coefficient (Wildman–Crippen LogP) is 2.74. The van der Waals surface area contributed by atoms with Gasteiger partial charge in [-0.05, 0) is 36.8 Å². The topological polar surface area (TPSA) is 64.6 Å². The van der Waals surface area contributed by atoms with E-state index in [2.05, 4.69) is 4.72 Å². The molecule has 22 heavy (non-hydrogen) atoms. The Bertz CT molecular complexity index is 729. The second kappa shape index (κ2) is 6.81. The first kappa shape index (κ1) is 16.3. The second-order valence-electron chi connectivity index (χ2n) is 4.77. The molecule has 0 unspecified atom stereocenters. The summed E-state index contributed by atoms with van der Waals surface area (Å²) in [5.41, 5.74) is 0.789. The van der Waals surface area contributed by atoms with E-state index in [9.17, 15) is 8.42 Å². The van der Waals surface area contributed by atoms with E-state index in [1.165, 1.54) is 0 Å². The van der Waals surface area contributed by atoms with Gasteiger partial charge in [0.2, 0.25) is 10.0 Å². The fourth-order valence-electron chi connectivity index (χ4n) is 2.09. The lowest BCUT2D eigenvalue weighted by Crippen LogP contribution is -2.26. The monoisotopic (exact) mass is 321 g/mol. The van der Waals surface area contributed by atoms with Crippen LogP contribution in [0.3, 0.4) is 0 Å². The molecule has 2 rings (SSSR count). The van der Waals surface area contributed by atoms with E-state index in [0.29, 0.717) is 11.5 Å². The highest BCUT2D eigenvalue weighted by Gasteiger charge is 2.19. The van der Waals surface area contributed by atoms with E-state index in [-0.39, 0.29) is 4.90 Å². The largest absolute Gasteiger partial charge is 0.493 e. The van der Waals surface area contributed by atoms with Crippen molar-refractivity contribution in [2.24, 2.45) is 0 Å². The number of benzene rings is 2. The molecule has 0 saturated carbocycles. The highest BCUT2D eigenvalue weighted by atomic mass is 32.2. The van der Waals surface area contributed by atoms with E-state index in [0.717, 1.165) is 5.56 Å². The van der Waals surface area contributed by atoms with Crippen LogP contribution in [0.25, 0.3) is 0 Å². The van der Waals surface area contributed by atoms with E-state index in [4.69, 9.17) is 9.47 Å². The first-order chi connectivity index (χ1) is 10.5. The third-order valence-corrected chi connectivity index (χ3v) is 4.85. The van der Waals surface area contributed by atoms with Gasteiger partial charge in [0.05, 0.1) is 19.1 Å². The lowest BCUT2D eigenvalue weighted by Gasteiger charge is -2.16. The molecule has 1 atom stereocenters. The van der Waals surface area contributed by atoms with Gasteiger partial charge in [0, 0.05) is 6.04 Å². The molecule has 0 fully saturated rings. The molecular weight excluding hydrogens is 302 g/mol. The molecule has 5 nitrogen and oxygen atoms in total. The molecule has 0 bridgehead atoms. The van der Waals surface area contributed by atoms with Crippen LogP contribution in [-0.4, -0.2) is 22.6 Å².